The van der Waals surface area contributed by atoms with Crippen LogP contribution in [0.2, 0.25) is 0 Å². The number of fused-ring (bicyclic) bond motifs is 1. The van der Waals surface area contributed by atoms with Gasteiger partial charge in [0.25, 0.3) is 17.1 Å². The summed E-state index contributed by atoms with van der Waals surface area (Å²) in [6.07, 6.45) is 8.36. The fourth-order valence-electron chi connectivity index (χ4n) is 4.56. The predicted octanol–water partition coefficient (Wildman–Crippen LogP) is 3.88. The van der Waals surface area contributed by atoms with Gasteiger partial charge in [-0.25, -0.2) is 0 Å². The molecule has 2 heterocycles. The molecule has 1 saturated heterocycles. The van der Waals surface area contributed by atoms with Crippen LogP contribution in [-0.4, -0.2) is 46.1 Å². The van der Waals surface area contributed by atoms with Crippen molar-refractivity contribution in [3.63, 3.8) is 0 Å². The minimum atomic E-state index is -1.27. The summed E-state index contributed by atoms with van der Waals surface area (Å²) in [4.78, 5) is 51.5. The summed E-state index contributed by atoms with van der Waals surface area (Å²) < 4.78 is 0. The van der Waals surface area contributed by atoms with Crippen molar-refractivity contribution >= 4 is 46.0 Å². The molecule has 7 nitrogen and oxygen atoms in total. The van der Waals surface area contributed by atoms with Crippen molar-refractivity contribution in [2.45, 2.75) is 44.9 Å². The average molecular weight is 429 g/mol. The van der Waals surface area contributed by atoms with Crippen LogP contribution in [0.15, 0.2) is 29.2 Å². The number of amides is 3. The molecule has 1 N–H and O–H groups in total. The first-order valence-electron chi connectivity index (χ1n) is 10.4. The second kappa shape index (κ2) is 8.63. The lowest BCUT2D eigenvalue weighted by Gasteiger charge is -2.23. The zero-order chi connectivity index (χ0) is 21.3. The standard InChI is InChI=1S/C22H24N2O5S/c25-17(26)13-24-21(28)19(30-22(24)29)18-15-10-4-5-11-16(15)23(20(18)27)12-6-9-14-7-2-1-3-8-14/h4-5,10-11,14H,1-3,6-9,12-13H2,(H,25,26)/b19-18-. The number of carboxylic acids is 1. The maximum Gasteiger partial charge on any atom is 0.323 e. The first kappa shape index (κ1) is 20.7. The Morgan fingerprint density at radius 2 is 1.77 bits per heavy atom. The maximum absolute atomic E-state index is 13.3. The molecule has 8 heteroatoms. The zero-order valence-corrected chi connectivity index (χ0v) is 17.5. The summed E-state index contributed by atoms with van der Waals surface area (Å²) in [7, 11) is 0. The van der Waals surface area contributed by atoms with E-state index in [9.17, 15) is 19.2 Å². The number of hydrogen-bond acceptors (Lipinski definition) is 5. The average Bonchev–Trinajstić information content (AvgIpc) is 3.16. The molecule has 1 aromatic rings. The van der Waals surface area contributed by atoms with E-state index in [4.69, 9.17) is 5.11 Å². The van der Waals surface area contributed by atoms with Crippen molar-refractivity contribution in [1.29, 1.82) is 0 Å². The molecule has 1 saturated carbocycles. The van der Waals surface area contributed by atoms with E-state index < -0.39 is 23.7 Å². The number of benzene rings is 1. The van der Waals surface area contributed by atoms with Crippen LogP contribution in [0, 0.1) is 5.92 Å². The maximum atomic E-state index is 13.3. The van der Waals surface area contributed by atoms with Crippen LogP contribution in [-0.2, 0) is 14.4 Å². The number of imide groups is 1. The van der Waals surface area contributed by atoms with Crippen molar-refractivity contribution in [3.05, 3.63) is 34.7 Å². The quantitative estimate of drug-likeness (QED) is 0.691. The van der Waals surface area contributed by atoms with Gasteiger partial charge in [-0.1, -0.05) is 50.3 Å². The van der Waals surface area contributed by atoms with Gasteiger partial charge in [0.1, 0.15) is 6.54 Å². The van der Waals surface area contributed by atoms with Gasteiger partial charge in [0.05, 0.1) is 16.2 Å². The normalized spacial score (nSPS) is 22.2. The van der Waals surface area contributed by atoms with Gasteiger partial charge in [0.2, 0.25) is 0 Å². The number of para-hydroxylation sites is 1. The largest absolute Gasteiger partial charge is 0.480 e. The van der Waals surface area contributed by atoms with Crippen LogP contribution in [0.25, 0.3) is 5.57 Å². The molecular weight excluding hydrogens is 404 g/mol. The Kier molecular flexibility index (Phi) is 5.94. The van der Waals surface area contributed by atoms with E-state index in [-0.39, 0.29) is 16.4 Å². The van der Waals surface area contributed by atoms with E-state index in [0.717, 1.165) is 24.4 Å². The number of rotatable bonds is 6. The van der Waals surface area contributed by atoms with Crippen molar-refractivity contribution in [2.24, 2.45) is 5.92 Å². The summed E-state index contributed by atoms with van der Waals surface area (Å²) in [5, 5.41) is 8.31. The molecule has 4 rings (SSSR count). The molecule has 158 valence electrons. The Hall–Kier alpha value is -2.61. The Morgan fingerprint density at radius 3 is 2.50 bits per heavy atom. The smallest absolute Gasteiger partial charge is 0.323 e. The first-order valence-corrected chi connectivity index (χ1v) is 11.2. The van der Waals surface area contributed by atoms with E-state index in [1.807, 2.05) is 12.1 Å². The first-order chi connectivity index (χ1) is 14.5. The third kappa shape index (κ3) is 3.88. The van der Waals surface area contributed by atoms with Crippen LogP contribution in [0.5, 0.6) is 0 Å². The van der Waals surface area contributed by atoms with Gasteiger partial charge in [-0.2, -0.15) is 0 Å². The molecular formula is C22H24N2O5S. The monoisotopic (exact) mass is 428 g/mol. The van der Waals surface area contributed by atoms with Gasteiger partial charge in [-0.15, -0.1) is 0 Å². The number of carboxylic acid groups (broad SMARTS) is 1. The van der Waals surface area contributed by atoms with E-state index in [2.05, 4.69) is 0 Å². The van der Waals surface area contributed by atoms with Crippen LogP contribution >= 0.6 is 11.8 Å². The highest BCUT2D eigenvalue weighted by Crippen LogP contribution is 2.44. The van der Waals surface area contributed by atoms with Gasteiger partial charge in [0.15, 0.2) is 0 Å². The predicted molar refractivity (Wildman–Crippen MR) is 114 cm³/mol. The fourth-order valence-corrected chi connectivity index (χ4v) is 5.49. The van der Waals surface area contributed by atoms with Crippen molar-refractivity contribution < 1.29 is 24.3 Å². The number of hydrogen-bond donors (Lipinski definition) is 1. The SMILES string of the molecule is O=C(O)CN1C(=O)S/C(=C2\C(=O)N(CCCC3CCCCC3)c3ccccc32)C1=O. The molecule has 30 heavy (non-hydrogen) atoms. The molecule has 2 aliphatic heterocycles. The molecule has 0 radical (unpaired) electrons. The summed E-state index contributed by atoms with van der Waals surface area (Å²) in [5.74, 6) is -1.56. The van der Waals surface area contributed by atoms with Crippen molar-refractivity contribution in [2.75, 3.05) is 18.0 Å². The molecule has 3 aliphatic rings. The number of aliphatic carboxylic acids is 1. The molecule has 0 unspecified atom stereocenters. The zero-order valence-electron chi connectivity index (χ0n) is 16.6. The second-order valence-corrected chi connectivity index (χ2v) is 8.94. The third-order valence-electron chi connectivity index (χ3n) is 6.01. The van der Waals surface area contributed by atoms with Crippen molar-refractivity contribution in [1.82, 2.24) is 4.90 Å². The van der Waals surface area contributed by atoms with Gasteiger partial charge in [-0.05, 0) is 36.6 Å². The number of nitrogens with zero attached hydrogens (tertiary/aromatic N) is 2. The van der Waals surface area contributed by atoms with Crippen molar-refractivity contribution in [3.8, 4) is 0 Å². The molecule has 0 bridgehead atoms. The topological polar surface area (TPSA) is 95.0 Å². The number of thioether (sulfide) groups is 1. The van der Waals surface area contributed by atoms with Crippen LogP contribution in [0.4, 0.5) is 10.5 Å². The third-order valence-corrected chi connectivity index (χ3v) is 6.99. The molecule has 0 spiro atoms. The molecule has 0 aromatic heterocycles. The van der Waals surface area contributed by atoms with E-state index in [1.165, 1.54) is 32.1 Å². The molecule has 0 atom stereocenters. The second-order valence-electron chi connectivity index (χ2n) is 7.98. The summed E-state index contributed by atoms with van der Waals surface area (Å²) >= 11 is 0.643. The Morgan fingerprint density at radius 1 is 1.03 bits per heavy atom. The Bertz CT molecular complexity index is 935. The minimum Gasteiger partial charge on any atom is -0.480 e. The van der Waals surface area contributed by atoms with E-state index in [0.29, 0.717) is 28.8 Å². The highest BCUT2D eigenvalue weighted by molar-refractivity contribution is 8.18. The van der Waals surface area contributed by atoms with Gasteiger partial charge < -0.3 is 10.0 Å². The van der Waals surface area contributed by atoms with Gasteiger partial charge in [-0.3, -0.25) is 24.1 Å². The number of anilines is 1. The van der Waals surface area contributed by atoms with Crippen LogP contribution < -0.4 is 4.90 Å². The highest BCUT2D eigenvalue weighted by Gasteiger charge is 2.43. The molecule has 1 aliphatic carbocycles. The summed E-state index contributed by atoms with van der Waals surface area (Å²) in [6, 6.07) is 7.26. The Balaban J connectivity index is 1.57. The Labute approximate surface area is 179 Å². The fraction of sp³-hybridized carbons (Fsp3) is 0.455. The lowest BCUT2D eigenvalue weighted by molar-refractivity contribution is -0.140. The van der Waals surface area contributed by atoms with E-state index >= 15 is 0 Å². The molecule has 1 aromatic carbocycles. The lowest BCUT2D eigenvalue weighted by atomic mass is 9.86. The van der Waals surface area contributed by atoms with Crippen LogP contribution in [0.1, 0.15) is 50.5 Å². The minimum absolute atomic E-state index is 0.0217. The highest BCUT2D eigenvalue weighted by atomic mass is 32.2. The molecule has 3 amide bonds. The molecule has 2 fully saturated rings. The van der Waals surface area contributed by atoms with E-state index in [1.54, 1.807) is 17.0 Å². The summed E-state index contributed by atoms with van der Waals surface area (Å²) in [6.45, 7) is -0.142. The van der Waals surface area contributed by atoms with Gasteiger partial charge in [0, 0.05) is 12.1 Å². The summed E-state index contributed by atoms with van der Waals surface area (Å²) in [5.41, 5.74) is 1.58. The van der Waals surface area contributed by atoms with Crippen LogP contribution in [0.3, 0.4) is 0 Å². The van der Waals surface area contributed by atoms with Gasteiger partial charge >= 0.3 is 5.97 Å². The number of carbonyl (C=O) groups excluding carboxylic acids is 3. The number of carbonyl (C=O) groups is 4. The lowest BCUT2D eigenvalue weighted by Crippen LogP contribution is -2.34.